The van der Waals surface area contributed by atoms with Gasteiger partial charge in [-0.25, -0.2) is 0 Å². The predicted octanol–water partition coefficient (Wildman–Crippen LogP) is 12.7. The van der Waals surface area contributed by atoms with Gasteiger partial charge in [-0.2, -0.15) is 0 Å². The summed E-state index contributed by atoms with van der Waals surface area (Å²) in [6, 6.07) is 60.6. The Labute approximate surface area is 280 Å². The Kier molecular flexibility index (Phi) is 5.69. The lowest BCUT2D eigenvalue weighted by Gasteiger charge is -2.23. The van der Waals surface area contributed by atoms with Gasteiger partial charge in [-0.3, -0.25) is 0 Å². The summed E-state index contributed by atoms with van der Waals surface area (Å²) in [6.07, 6.45) is 0. The number of rotatable bonds is 3. The van der Waals surface area contributed by atoms with Crippen LogP contribution in [0, 0.1) is 0 Å². The van der Waals surface area contributed by atoms with Crippen molar-refractivity contribution < 1.29 is 0 Å². The van der Waals surface area contributed by atoms with E-state index in [9.17, 15) is 0 Å². The quantitative estimate of drug-likeness (QED) is 0.175. The van der Waals surface area contributed by atoms with Crippen molar-refractivity contribution in [2.24, 2.45) is 0 Å². The van der Waals surface area contributed by atoms with Crippen LogP contribution < -0.4 is 0 Å². The Hall–Kier alpha value is -5.92. The van der Waals surface area contributed by atoms with Crippen LogP contribution in [0.4, 0.5) is 0 Å². The molecular weight excluding hydrogens is 579 g/mol. The van der Waals surface area contributed by atoms with Crippen molar-refractivity contribution in [3.8, 4) is 39.1 Å². The number of aromatic nitrogens is 1. The highest BCUT2D eigenvalue weighted by Gasteiger charge is 2.35. The van der Waals surface area contributed by atoms with Crippen molar-refractivity contribution in [3.63, 3.8) is 0 Å². The van der Waals surface area contributed by atoms with Crippen molar-refractivity contribution >= 4 is 43.4 Å². The Morgan fingerprint density at radius 2 is 0.854 bits per heavy atom. The molecule has 0 amide bonds. The van der Waals surface area contributed by atoms with Crippen LogP contribution in [0.2, 0.25) is 0 Å². The Morgan fingerprint density at radius 3 is 1.46 bits per heavy atom. The van der Waals surface area contributed by atoms with Crippen LogP contribution >= 0.6 is 0 Å². The summed E-state index contributed by atoms with van der Waals surface area (Å²) in [7, 11) is 0. The maximum atomic E-state index is 2.46. The molecule has 0 saturated heterocycles. The second-order valence-electron chi connectivity index (χ2n) is 13.7. The third kappa shape index (κ3) is 3.73. The molecule has 0 aliphatic heterocycles. The molecule has 1 aliphatic carbocycles. The van der Waals surface area contributed by atoms with Crippen LogP contribution in [0.1, 0.15) is 25.0 Å². The lowest BCUT2D eigenvalue weighted by molar-refractivity contribution is 0.660. The summed E-state index contributed by atoms with van der Waals surface area (Å²) in [5, 5.41) is 7.66. The molecule has 226 valence electrons. The SMILES string of the molecule is CC1(C)c2ccccc2-c2ccc(-c3c4ccccc4c(-c4cccc(-n5c6ccccc6c6ccccc65)c4)c4ccccc34)cc21. The molecule has 0 saturated carbocycles. The highest BCUT2D eigenvalue weighted by molar-refractivity contribution is 6.21. The molecule has 0 bridgehead atoms. The molecule has 0 atom stereocenters. The van der Waals surface area contributed by atoms with E-state index < -0.39 is 0 Å². The van der Waals surface area contributed by atoms with E-state index >= 15 is 0 Å². The van der Waals surface area contributed by atoms with E-state index in [1.54, 1.807) is 0 Å². The minimum Gasteiger partial charge on any atom is -0.309 e. The lowest BCUT2D eigenvalue weighted by atomic mass is 9.80. The lowest BCUT2D eigenvalue weighted by Crippen LogP contribution is -2.14. The van der Waals surface area contributed by atoms with E-state index in [1.807, 2.05) is 0 Å². The minimum atomic E-state index is -0.0548. The monoisotopic (exact) mass is 611 g/mol. The zero-order chi connectivity index (χ0) is 32.0. The number of nitrogens with zero attached hydrogens (tertiary/aromatic N) is 1. The Balaban J connectivity index is 1.23. The summed E-state index contributed by atoms with van der Waals surface area (Å²) < 4.78 is 2.41. The van der Waals surface area contributed by atoms with Gasteiger partial charge in [0.15, 0.2) is 0 Å². The third-order valence-corrected chi connectivity index (χ3v) is 10.8. The summed E-state index contributed by atoms with van der Waals surface area (Å²) in [5.41, 5.74) is 14.2. The summed E-state index contributed by atoms with van der Waals surface area (Å²) in [4.78, 5) is 0. The molecule has 0 radical (unpaired) electrons. The smallest absolute Gasteiger partial charge is 0.0541 e. The first-order valence-electron chi connectivity index (χ1n) is 16.9. The third-order valence-electron chi connectivity index (χ3n) is 10.8. The van der Waals surface area contributed by atoms with Gasteiger partial charge in [0.05, 0.1) is 11.0 Å². The molecule has 10 rings (SSSR count). The highest BCUT2D eigenvalue weighted by atomic mass is 15.0. The van der Waals surface area contributed by atoms with Crippen molar-refractivity contribution in [3.05, 3.63) is 175 Å². The van der Waals surface area contributed by atoms with E-state index in [2.05, 4.69) is 182 Å². The zero-order valence-corrected chi connectivity index (χ0v) is 27.0. The van der Waals surface area contributed by atoms with Crippen LogP contribution in [-0.4, -0.2) is 4.57 Å². The molecule has 48 heavy (non-hydrogen) atoms. The second kappa shape index (κ2) is 10.0. The van der Waals surface area contributed by atoms with Crippen molar-refractivity contribution in [2.45, 2.75) is 19.3 Å². The molecule has 9 aromatic rings. The van der Waals surface area contributed by atoms with E-state index in [0.717, 1.165) is 0 Å². The van der Waals surface area contributed by atoms with E-state index in [4.69, 9.17) is 0 Å². The zero-order valence-electron chi connectivity index (χ0n) is 27.0. The van der Waals surface area contributed by atoms with Gasteiger partial charge in [0.25, 0.3) is 0 Å². The number of hydrogen-bond acceptors (Lipinski definition) is 0. The average molecular weight is 612 g/mol. The second-order valence-corrected chi connectivity index (χ2v) is 13.7. The van der Waals surface area contributed by atoms with E-state index in [0.29, 0.717) is 0 Å². The van der Waals surface area contributed by atoms with Crippen LogP contribution in [-0.2, 0) is 5.41 Å². The molecule has 1 nitrogen and oxygen atoms in total. The van der Waals surface area contributed by atoms with Gasteiger partial charge in [0.1, 0.15) is 0 Å². The fourth-order valence-electron chi connectivity index (χ4n) is 8.61. The van der Waals surface area contributed by atoms with Gasteiger partial charge in [-0.1, -0.05) is 147 Å². The van der Waals surface area contributed by atoms with Crippen molar-refractivity contribution in [2.75, 3.05) is 0 Å². The molecule has 0 fully saturated rings. The Morgan fingerprint density at radius 1 is 0.375 bits per heavy atom. The van der Waals surface area contributed by atoms with Gasteiger partial charge in [-0.15, -0.1) is 0 Å². The molecule has 0 N–H and O–H groups in total. The number of fused-ring (bicyclic) bond motifs is 8. The predicted molar refractivity (Wildman–Crippen MR) is 204 cm³/mol. The fraction of sp³-hybridized carbons (Fsp3) is 0.0638. The maximum Gasteiger partial charge on any atom is 0.0541 e. The summed E-state index contributed by atoms with van der Waals surface area (Å²) in [5.74, 6) is 0. The van der Waals surface area contributed by atoms with Crippen LogP contribution in [0.5, 0.6) is 0 Å². The van der Waals surface area contributed by atoms with Gasteiger partial charge >= 0.3 is 0 Å². The average Bonchev–Trinajstić information content (AvgIpc) is 3.59. The van der Waals surface area contributed by atoms with Crippen LogP contribution in [0.15, 0.2) is 164 Å². The molecule has 1 heteroatoms. The van der Waals surface area contributed by atoms with Gasteiger partial charge in [-0.05, 0) is 96.4 Å². The molecule has 1 aromatic heterocycles. The standard InChI is InChI=1S/C47H33N/c1-47(2)41-23-10-7-16-33(41)34-27-26-31(29-42(34)47)46-39-21-5-3-19-37(39)45(38-20-4-6-22-40(38)46)30-14-13-15-32(28-30)48-43-24-11-8-17-35(43)36-18-9-12-25-44(36)48/h3-29H,1-2H3. The first-order valence-corrected chi connectivity index (χ1v) is 16.9. The molecule has 8 aromatic carbocycles. The topological polar surface area (TPSA) is 4.93 Å². The Bertz CT molecular complexity index is 2650. The van der Waals surface area contributed by atoms with E-state index in [-0.39, 0.29) is 5.41 Å². The molecule has 1 aliphatic rings. The fourth-order valence-corrected chi connectivity index (χ4v) is 8.61. The molecule has 1 heterocycles. The minimum absolute atomic E-state index is 0.0548. The van der Waals surface area contributed by atoms with Crippen LogP contribution in [0.3, 0.4) is 0 Å². The molecule has 0 spiro atoms. The first kappa shape index (κ1) is 27.2. The molecule has 0 unspecified atom stereocenters. The van der Waals surface area contributed by atoms with Crippen molar-refractivity contribution in [1.29, 1.82) is 0 Å². The maximum absolute atomic E-state index is 2.46. The number of hydrogen-bond donors (Lipinski definition) is 0. The summed E-state index contributed by atoms with van der Waals surface area (Å²) in [6.45, 7) is 4.73. The van der Waals surface area contributed by atoms with E-state index in [1.165, 1.54) is 93.5 Å². The van der Waals surface area contributed by atoms with Gasteiger partial charge < -0.3 is 4.57 Å². The highest BCUT2D eigenvalue weighted by Crippen LogP contribution is 2.51. The van der Waals surface area contributed by atoms with Gasteiger partial charge in [0, 0.05) is 21.9 Å². The normalized spacial score (nSPS) is 13.4. The largest absolute Gasteiger partial charge is 0.309 e. The number of benzene rings is 8. The molecular formula is C47H33N. The number of para-hydroxylation sites is 2. The van der Waals surface area contributed by atoms with Gasteiger partial charge in [0.2, 0.25) is 0 Å². The first-order chi connectivity index (χ1) is 23.6. The van der Waals surface area contributed by atoms with Crippen LogP contribution in [0.25, 0.3) is 82.4 Å². The summed E-state index contributed by atoms with van der Waals surface area (Å²) >= 11 is 0. The van der Waals surface area contributed by atoms with Crippen molar-refractivity contribution in [1.82, 2.24) is 4.57 Å².